The number of H-pyrrole nitrogens is 1. The number of amides is 1. The van der Waals surface area contributed by atoms with Crippen molar-refractivity contribution in [3.8, 4) is 0 Å². The lowest BCUT2D eigenvalue weighted by molar-refractivity contribution is -0.121. The van der Waals surface area contributed by atoms with Crippen LogP contribution in [0.3, 0.4) is 0 Å². The third-order valence-corrected chi connectivity index (χ3v) is 4.36. The van der Waals surface area contributed by atoms with E-state index in [0.29, 0.717) is 24.3 Å². The minimum absolute atomic E-state index is 0.137. The van der Waals surface area contributed by atoms with Gasteiger partial charge in [-0.05, 0) is 36.8 Å². The van der Waals surface area contributed by atoms with Crippen molar-refractivity contribution in [3.63, 3.8) is 0 Å². The van der Waals surface area contributed by atoms with E-state index >= 15 is 0 Å². The summed E-state index contributed by atoms with van der Waals surface area (Å²) in [7, 11) is 0. The van der Waals surface area contributed by atoms with Crippen LogP contribution in [-0.4, -0.2) is 21.9 Å². The fraction of sp³-hybridized carbons (Fsp3) is 0.529. The lowest BCUT2D eigenvalue weighted by Crippen LogP contribution is -2.33. The number of aryl methyl sites for hydroxylation is 1. The molecule has 1 unspecified atom stereocenters. The Morgan fingerprint density at radius 3 is 2.95 bits per heavy atom. The van der Waals surface area contributed by atoms with Gasteiger partial charge in [-0.2, -0.15) is 0 Å². The van der Waals surface area contributed by atoms with Crippen molar-refractivity contribution in [1.82, 2.24) is 15.3 Å². The molecule has 1 atom stereocenters. The first-order valence-electron chi connectivity index (χ1n) is 7.75. The molecule has 0 radical (unpaired) electrons. The normalized spacial score (nSPS) is 20.8. The van der Waals surface area contributed by atoms with Gasteiger partial charge in [-0.1, -0.05) is 26.0 Å². The van der Waals surface area contributed by atoms with E-state index < -0.39 is 0 Å². The van der Waals surface area contributed by atoms with Crippen LogP contribution in [0, 0.1) is 5.41 Å². The Kier molecular flexibility index (Phi) is 3.70. The van der Waals surface area contributed by atoms with Crippen molar-refractivity contribution in [2.75, 3.05) is 0 Å². The van der Waals surface area contributed by atoms with Gasteiger partial charge < -0.3 is 10.3 Å². The first-order valence-corrected chi connectivity index (χ1v) is 7.75. The van der Waals surface area contributed by atoms with Crippen LogP contribution in [0.4, 0.5) is 0 Å². The average Bonchev–Trinajstić information content (AvgIpc) is 2.99. The smallest absolute Gasteiger partial charge is 0.220 e. The van der Waals surface area contributed by atoms with Gasteiger partial charge in [0, 0.05) is 18.9 Å². The number of rotatable bonds is 4. The van der Waals surface area contributed by atoms with E-state index in [1.807, 2.05) is 24.3 Å². The largest absolute Gasteiger partial charge is 0.353 e. The monoisotopic (exact) mass is 285 g/mol. The minimum atomic E-state index is 0.137. The molecule has 0 aliphatic heterocycles. The predicted octanol–water partition coefficient (Wildman–Crippen LogP) is 3.19. The number of fused-ring (bicyclic) bond motifs is 1. The van der Waals surface area contributed by atoms with Crippen LogP contribution in [0.2, 0.25) is 0 Å². The standard InChI is InChI=1S/C17H23N3O/c1-17(2)10-9-12(11-17)18-16(21)8-7-15-19-13-5-3-4-6-14(13)20-15/h3-6,12H,7-11H2,1-2H3,(H,18,21)(H,19,20). The van der Waals surface area contributed by atoms with Gasteiger partial charge in [0.05, 0.1) is 11.0 Å². The molecule has 2 N–H and O–H groups in total. The molecule has 1 aliphatic rings. The van der Waals surface area contributed by atoms with Crippen LogP contribution in [0.5, 0.6) is 0 Å². The Morgan fingerprint density at radius 2 is 2.24 bits per heavy atom. The van der Waals surface area contributed by atoms with Gasteiger partial charge >= 0.3 is 0 Å². The molecule has 1 saturated carbocycles. The first-order chi connectivity index (χ1) is 10.0. The molecule has 3 rings (SSSR count). The number of para-hydroxylation sites is 2. The number of benzene rings is 1. The topological polar surface area (TPSA) is 57.8 Å². The second-order valence-corrected chi connectivity index (χ2v) is 6.87. The molecule has 0 bridgehead atoms. The molecular weight excluding hydrogens is 262 g/mol. The van der Waals surface area contributed by atoms with E-state index in [1.165, 1.54) is 6.42 Å². The fourth-order valence-electron chi connectivity index (χ4n) is 3.22. The number of imidazole rings is 1. The van der Waals surface area contributed by atoms with E-state index in [-0.39, 0.29) is 5.91 Å². The summed E-state index contributed by atoms with van der Waals surface area (Å²) >= 11 is 0. The SMILES string of the molecule is CC1(C)CCC(NC(=O)CCc2nc3ccccc3[nH]2)C1. The second kappa shape index (κ2) is 5.51. The van der Waals surface area contributed by atoms with Gasteiger partial charge in [0.1, 0.15) is 5.82 Å². The van der Waals surface area contributed by atoms with E-state index in [4.69, 9.17) is 0 Å². The number of nitrogens with zero attached hydrogens (tertiary/aromatic N) is 1. The third kappa shape index (κ3) is 3.43. The number of hydrogen-bond donors (Lipinski definition) is 2. The molecule has 1 heterocycles. The molecule has 0 saturated heterocycles. The van der Waals surface area contributed by atoms with E-state index in [9.17, 15) is 4.79 Å². The Balaban J connectivity index is 1.51. The van der Waals surface area contributed by atoms with Crippen LogP contribution >= 0.6 is 0 Å². The summed E-state index contributed by atoms with van der Waals surface area (Å²) in [5, 5.41) is 3.16. The van der Waals surface area contributed by atoms with Crippen molar-refractivity contribution < 1.29 is 4.79 Å². The van der Waals surface area contributed by atoms with Gasteiger partial charge in [-0.15, -0.1) is 0 Å². The molecule has 1 fully saturated rings. The molecule has 21 heavy (non-hydrogen) atoms. The summed E-state index contributed by atoms with van der Waals surface area (Å²) < 4.78 is 0. The number of aromatic amines is 1. The molecule has 4 heteroatoms. The Labute approximate surface area is 125 Å². The van der Waals surface area contributed by atoms with Crippen molar-refractivity contribution >= 4 is 16.9 Å². The van der Waals surface area contributed by atoms with Crippen LogP contribution in [-0.2, 0) is 11.2 Å². The maximum atomic E-state index is 12.0. The minimum Gasteiger partial charge on any atom is -0.353 e. The highest BCUT2D eigenvalue weighted by Crippen LogP contribution is 2.36. The number of hydrogen-bond acceptors (Lipinski definition) is 2. The zero-order chi connectivity index (χ0) is 14.9. The van der Waals surface area contributed by atoms with Gasteiger partial charge in [0.2, 0.25) is 5.91 Å². The van der Waals surface area contributed by atoms with Gasteiger partial charge in [0.25, 0.3) is 0 Å². The Bertz CT molecular complexity index is 611. The first kappa shape index (κ1) is 14.1. The van der Waals surface area contributed by atoms with Crippen LogP contribution in [0.1, 0.15) is 45.4 Å². The summed E-state index contributed by atoms with van der Waals surface area (Å²) in [6.45, 7) is 4.54. The summed E-state index contributed by atoms with van der Waals surface area (Å²) in [6, 6.07) is 8.30. The molecule has 2 aromatic rings. The molecule has 1 aliphatic carbocycles. The third-order valence-electron chi connectivity index (χ3n) is 4.36. The number of nitrogens with one attached hydrogen (secondary N) is 2. The summed E-state index contributed by atoms with van der Waals surface area (Å²) in [5.74, 6) is 1.02. The molecule has 0 spiro atoms. The van der Waals surface area contributed by atoms with E-state index in [2.05, 4.69) is 29.1 Å². The van der Waals surface area contributed by atoms with Gasteiger partial charge in [-0.3, -0.25) is 4.79 Å². The zero-order valence-electron chi connectivity index (χ0n) is 12.8. The number of carbonyl (C=O) groups excluding carboxylic acids is 1. The van der Waals surface area contributed by atoms with Crippen LogP contribution in [0.25, 0.3) is 11.0 Å². The quantitative estimate of drug-likeness (QED) is 0.906. The average molecular weight is 285 g/mol. The lowest BCUT2D eigenvalue weighted by Gasteiger charge is -2.17. The lowest BCUT2D eigenvalue weighted by atomic mass is 9.92. The molecule has 112 valence electrons. The molecule has 1 aromatic heterocycles. The summed E-state index contributed by atoms with van der Waals surface area (Å²) in [5.41, 5.74) is 2.37. The molecule has 1 amide bonds. The number of aromatic nitrogens is 2. The number of carbonyl (C=O) groups is 1. The zero-order valence-corrected chi connectivity index (χ0v) is 12.8. The highest BCUT2D eigenvalue weighted by molar-refractivity contribution is 5.77. The molecule has 1 aromatic carbocycles. The van der Waals surface area contributed by atoms with E-state index in [0.717, 1.165) is 29.7 Å². The van der Waals surface area contributed by atoms with Crippen molar-refractivity contribution in [2.24, 2.45) is 5.41 Å². The maximum absolute atomic E-state index is 12.0. The van der Waals surface area contributed by atoms with Crippen LogP contribution in [0.15, 0.2) is 24.3 Å². The highest BCUT2D eigenvalue weighted by atomic mass is 16.1. The Morgan fingerprint density at radius 1 is 1.43 bits per heavy atom. The Hall–Kier alpha value is -1.84. The van der Waals surface area contributed by atoms with Crippen molar-refractivity contribution in [2.45, 2.75) is 52.0 Å². The fourth-order valence-corrected chi connectivity index (χ4v) is 3.22. The summed E-state index contributed by atoms with van der Waals surface area (Å²) in [4.78, 5) is 19.8. The second-order valence-electron chi connectivity index (χ2n) is 6.87. The molecule has 4 nitrogen and oxygen atoms in total. The van der Waals surface area contributed by atoms with Crippen LogP contribution < -0.4 is 5.32 Å². The maximum Gasteiger partial charge on any atom is 0.220 e. The van der Waals surface area contributed by atoms with E-state index in [1.54, 1.807) is 0 Å². The molecular formula is C17H23N3O. The predicted molar refractivity (Wildman–Crippen MR) is 84.0 cm³/mol. The van der Waals surface area contributed by atoms with Gasteiger partial charge in [0.15, 0.2) is 0 Å². The van der Waals surface area contributed by atoms with Crippen molar-refractivity contribution in [3.05, 3.63) is 30.1 Å². The summed E-state index contributed by atoms with van der Waals surface area (Å²) in [6.07, 6.45) is 4.54. The highest BCUT2D eigenvalue weighted by Gasteiger charge is 2.31. The van der Waals surface area contributed by atoms with Gasteiger partial charge in [-0.25, -0.2) is 4.98 Å². The van der Waals surface area contributed by atoms with Crippen molar-refractivity contribution in [1.29, 1.82) is 0 Å².